The van der Waals surface area contributed by atoms with Gasteiger partial charge in [0.15, 0.2) is 0 Å². The van der Waals surface area contributed by atoms with Crippen molar-refractivity contribution in [3.8, 4) is 11.3 Å². The molecule has 4 nitrogen and oxygen atoms in total. The van der Waals surface area contributed by atoms with E-state index < -0.39 is 0 Å². The van der Waals surface area contributed by atoms with Gasteiger partial charge in [-0.25, -0.2) is 0 Å². The molecule has 5 rings (SSSR count). The van der Waals surface area contributed by atoms with Crippen LogP contribution in [0.5, 0.6) is 0 Å². The summed E-state index contributed by atoms with van der Waals surface area (Å²) in [6.07, 6.45) is 3.56. The number of hydrogen-bond acceptors (Lipinski definition) is 2. The lowest BCUT2D eigenvalue weighted by molar-refractivity contribution is -0.0348. The van der Waals surface area contributed by atoms with Gasteiger partial charge in [-0.15, -0.1) is 0 Å². The van der Waals surface area contributed by atoms with Gasteiger partial charge >= 0.3 is 0 Å². The van der Waals surface area contributed by atoms with E-state index in [0.717, 1.165) is 36.7 Å². The molecule has 1 amide bonds. The van der Waals surface area contributed by atoms with E-state index in [4.69, 9.17) is 11.6 Å². The van der Waals surface area contributed by atoms with Gasteiger partial charge < -0.3 is 9.88 Å². The Morgan fingerprint density at radius 1 is 1.24 bits per heavy atom. The lowest BCUT2D eigenvalue weighted by atomic mass is 9.80. The molecule has 3 saturated heterocycles. The van der Waals surface area contributed by atoms with Crippen molar-refractivity contribution in [3.05, 3.63) is 47.1 Å². The molecule has 1 N–H and O–H groups in total. The van der Waals surface area contributed by atoms with Gasteiger partial charge in [-0.05, 0) is 61.9 Å². The summed E-state index contributed by atoms with van der Waals surface area (Å²) in [6, 6.07) is 11.6. The van der Waals surface area contributed by atoms with Crippen LogP contribution >= 0.6 is 11.6 Å². The van der Waals surface area contributed by atoms with Gasteiger partial charge in [0.2, 0.25) is 0 Å². The first-order valence-corrected chi connectivity index (χ1v) is 9.33. The summed E-state index contributed by atoms with van der Waals surface area (Å²) in [5.74, 6) is 0.733. The molecule has 0 radical (unpaired) electrons. The van der Waals surface area contributed by atoms with Gasteiger partial charge in [-0.1, -0.05) is 23.7 Å². The maximum atomic E-state index is 12.9. The molecular formula is C20H24ClN3O. The fourth-order valence-corrected chi connectivity index (χ4v) is 4.63. The molecule has 132 valence electrons. The summed E-state index contributed by atoms with van der Waals surface area (Å²) >= 11 is 6.11. The highest BCUT2D eigenvalue weighted by molar-refractivity contribution is 6.30. The highest BCUT2D eigenvalue weighted by atomic mass is 35.5. The number of amides is 1. The first-order valence-electron chi connectivity index (χ1n) is 8.95. The standard InChI is InChI=1S/C20H24ClN3O/c1-20(13-14-8-10-24(20)11-9-14)22-19(25)18-7-6-17(23(18)2)15-4-3-5-16(21)12-15/h3-7,12,14H,8-11,13H2,1-2H3,(H,22,25)/t20-/m0/s1. The zero-order valence-corrected chi connectivity index (χ0v) is 15.5. The molecule has 25 heavy (non-hydrogen) atoms. The predicted molar refractivity (Wildman–Crippen MR) is 101 cm³/mol. The molecule has 2 bridgehead atoms. The summed E-state index contributed by atoms with van der Waals surface area (Å²) in [5.41, 5.74) is 2.46. The van der Waals surface area contributed by atoms with Gasteiger partial charge in [0.1, 0.15) is 5.69 Å². The fourth-order valence-electron chi connectivity index (χ4n) is 4.44. The van der Waals surface area contributed by atoms with Gasteiger partial charge in [0.25, 0.3) is 5.91 Å². The number of fused-ring (bicyclic) bond motifs is 3. The minimum absolute atomic E-state index is 0.00849. The number of carbonyl (C=O) groups excluding carboxylic acids is 1. The molecule has 1 aromatic carbocycles. The molecular weight excluding hydrogens is 334 g/mol. The van der Waals surface area contributed by atoms with Crippen molar-refractivity contribution >= 4 is 17.5 Å². The smallest absolute Gasteiger partial charge is 0.269 e. The third kappa shape index (κ3) is 2.98. The van der Waals surface area contributed by atoms with Crippen molar-refractivity contribution in [2.24, 2.45) is 13.0 Å². The number of carbonyl (C=O) groups is 1. The Morgan fingerprint density at radius 2 is 2.00 bits per heavy atom. The van der Waals surface area contributed by atoms with Crippen LogP contribution in [0.1, 0.15) is 36.7 Å². The van der Waals surface area contributed by atoms with Gasteiger partial charge in [-0.3, -0.25) is 9.69 Å². The van der Waals surface area contributed by atoms with E-state index in [1.165, 1.54) is 12.8 Å². The maximum Gasteiger partial charge on any atom is 0.269 e. The molecule has 1 atom stereocenters. The van der Waals surface area contributed by atoms with Gasteiger partial charge in [0, 0.05) is 30.9 Å². The minimum atomic E-state index is -0.223. The summed E-state index contributed by atoms with van der Waals surface area (Å²) in [7, 11) is 1.93. The number of rotatable bonds is 3. The molecule has 2 aromatic rings. The first-order chi connectivity index (χ1) is 12.0. The van der Waals surface area contributed by atoms with Gasteiger partial charge in [0.05, 0.1) is 5.66 Å². The van der Waals surface area contributed by atoms with Crippen LogP contribution < -0.4 is 5.32 Å². The number of nitrogens with zero attached hydrogens (tertiary/aromatic N) is 2. The van der Waals surface area contributed by atoms with E-state index in [1.54, 1.807) is 0 Å². The van der Waals surface area contributed by atoms with Crippen molar-refractivity contribution in [2.45, 2.75) is 31.8 Å². The number of hydrogen-bond donors (Lipinski definition) is 1. The lowest BCUT2D eigenvalue weighted by Gasteiger charge is -2.52. The van der Waals surface area contributed by atoms with Crippen molar-refractivity contribution in [1.29, 1.82) is 0 Å². The van der Waals surface area contributed by atoms with Crippen LogP contribution in [0, 0.1) is 5.92 Å². The highest BCUT2D eigenvalue weighted by Gasteiger charge is 2.43. The number of benzene rings is 1. The van der Waals surface area contributed by atoms with Crippen LogP contribution in [0.4, 0.5) is 0 Å². The van der Waals surface area contributed by atoms with Crippen molar-refractivity contribution in [3.63, 3.8) is 0 Å². The summed E-state index contributed by atoms with van der Waals surface area (Å²) < 4.78 is 1.95. The van der Waals surface area contributed by atoms with Crippen LogP contribution in [0.25, 0.3) is 11.3 Å². The number of aromatic nitrogens is 1. The molecule has 3 aliphatic rings. The Balaban J connectivity index is 1.57. The molecule has 4 heterocycles. The molecule has 0 spiro atoms. The molecule has 3 aliphatic heterocycles. The Labute approximate surface area is 153 Å². The number of piperidine rings is 3. The van der Waals surface area contributed by atoms with Crippen LogP contribution in [0.2, 0.25) is 5.02 Å². The second-order valence-electron chi connectivity index (χ2n) is 7.54. The van der Waals surface area contributed by atoms with Crippen molar-refractivity contribution in [1.82, 2.24) is 14.8 Å². The zero-order chi connectivity index (χ0) is 17.6. The summed E-state index contributed by atoms with van der Waals surface area (Å²) in [4.78, 5) is 15.4. The highest BCUT2D eigenvalue weighted by Crippen LogP contribution is 2.37. The third-order valence-electron chi connectivity index (χ3n) is 5.86. The van der Waals surface area contributed by atoms with Gasteiger partial charge in [-0.2, -0.15) is 0 Å². The minimum Gasteiger partial charge on any atom is -0.340 e. The predicted octanol–water partition coefficient (Wildman–Crippen LogP) is 3.91. The van der Waals surface area contributed by atoms with Crippen molar-refractivity contribution < 1.29 is 4.79 Å². The molecule has 0 unspecified atom stereocenters. The molecule has 5 heteroatoms. The van der Waals surface area contributed by atoms with E-state index in [2.05, 4.69) is 17.1 Å². The fraction of sp³-hybridized carbons (Fsp3) is 0.450. The second kappa shape index (κ2) is 6.19. The topological polar surface area (TPSA) is 37.3 Å². The van der Waals surface area contributed by atoms with E-state index in [-0.39, 0.29) is 11.6 Å². The van der Waals surface area contributed by atoms with E-state index in [1.807, 2.05) is 48.0 Å². The summed E-state index contributed by atoms with van der Waals surface area (Å²) in [5, 5.41) is 4.00. The largest absolute Gasteiger partial charge is 0.340 e. The molecule has 3 fully saturated rings. The Morgan fingerprint density at radius 3 is 2.64 bits per heavy atom. The second-order valence-corrected chi connectivity index (χ2v) is 7.97. The maximum absolute atomic E-state index is 12.9. The molecule has 1 aromatic heterocycles. The quantitative estimate of drug-likeness (QED) is 0.904. The van der Waals surface area contributed by atoms with Crippen LogP contribution in [-0.2, 0) is 7.05 Å². The number of nitrogens with one attached hydrogen (secondary N) is 1. The van der Waals surface area contributed by atoms with Crippen LogP contribution in [0.15, 0.2) is 36.4 Å². The number of halogens is 1. The third-order valence-corrected chi connectivity index (χ3v) is 6.09. The van der Waals surface area contributed by atoms with Crippen LogP contribution in [0.3, 0.4) is 0 Å². The zero-order valence-electron chi connectivity index (χ0n) is 14.8. The molecule has 0 saturated carbocycles. The lowest BCUT2D eigenvalue weighted by Crippen LogP contribution is -2.65. The SMILES string of the molecule is Cn1c(C(=O)N[C@]2(C)CC3CCN2CC3)ccc1-c1cccc(Cl)c1. The average Bonchev–Trinajstić information content (AvgIpc) is 2.97. The Hall–Kier alpha value is -1.78. The average molecular weight is 358 g/mol. The Kier molecular flexibility index (Phi) is 4.13. The van der Waals surface area contributed by atoms with E-state index in [9.17, 15) is 4.79 Å². The normalized spacial score (nSPS) is 28.1. The van der Waals surface area contributed by atoms with E-state index in [0.29, 0.717) is 10.7 Å². The first kappa shape index (κ1) is 16.7. The monoisotopic (exact) mass is 357 g/mol. The summed E-state index contributed by atoms with van der Waals surface area (Å²) in [6.45, 7) is 4.34. The molecule has 0 aliphatic carbocycles. The van der Waals surface area contributed by atoms with Crippen LogP contribution in [-0.4, -0.2) is 34.1 Å². The Bertz CT molecular complexity index is 807. The van der Waals surface area contributed by atoms with E-state index >= 15 is 0 Å². The van der Waals surface area contributed by atoms with Crippen molar-refractivity contribution in [2.75, 3.05) is 13.1 Å².